The van der Waals surface area contributed by atoms with Crippen LogP contribution in [0.25, 0.3) is 0 Å². The fourth-order valence-electron chi connectivity index (χ4n) is 1.23. The molecule has 0 aliphatic carbocycles. The van der Waals surface area contributed by atoms with Gasteiger partial charge in [0.2, 0.25) is 9.05 Å². The number of alkyl halides is 3. The van der Waals surface area contributed by atoms with Crippen molar-refractivity contribution in [2.45, 2.75) is 11.9 Å². The Morgan fingerprint density at radius 3 is 1.53 bits per heavy atom. The normalized spacial score (nSPS) is 12.8. The molecule has 0 saturated carbocycles. The quantitative estimate of drug-likeness (QED) is 0.473. The van der Waals surface area contributed by atoms with Crippen molar-refractivity contribution in [3.05, 3.63) is 34.4 Å². The van der Waals surface area contributed by atoms with Gasteiger partial charge in [-0.1, -0.05) is 0 Å². The lowest BCUT2D eigenvalue weighted by molar-refractivity contribution is -0.143. The molecule has 0 bridgehead atoms. The van der Waals surface area contributed by atoms with Gasteiger partial charge in [-0.05, 0) is 0 Å². The highest BCUT2D eigenvalue weighted by Gasteiger charge is 2.42. The van der Waals surface area contributed by atoms with E-state index in [1.807, 2.05) is 0 Å². The van der Waals surface area contributed by atoms with Crippen molar-refractivity contribution in [1.29, 1.82) is 0 Å². The Bertz CT molecular complexity index is 594. The van der Waals surface area contributed by atoms with E-state index < -0.39 is 55.4 Å². The number of hydrogen-bond acceptors (Lipinski definition) is 2. The number of benzene rings is 1. The Labute approximate surface area is 106 Å². The van der Waals surface area contributed by atoms with Crippen LogP contribution in [0.3, 0.4) is 0 Å². The molecule has 0 aromatic heterocycles. The third-order valence-electron chi connectivity index (χ3n) is 1.95. The van der Waals surface area contributed by atoms with Crippen molar-refractivity contribution in [2.24, 2.45) is 0 Å². The summed E-state index contributed by atoms with van der Waals surface area (Å²) in [5, 5.41) is 0. The highest BCUT2D eigenvalue weighted by atomic mass is 35.7. The van der Waals surface area contributed by atoms with E-state index in [0.29, 0.717) is 0 Å². The molecule has 0 atom stereocenters. The first-order chi connectivity index (χ1) is 8.36. The van der Waals surface area contributed by atoms with Crippen LogP contribution in [0.1, 0.15) is 11.1 Å². The molecule has 1 rings (SSSR count). The molecule has 0 aliphatic rings. The first kappa shape index (κ1) is 16.0. The van der Waals surface area contributed by atoms with Gasteiger partial charge in [0.1, 0.15) is 5.56 Å². The summed E-state index contributed by atoms with van der Waals surface area (Å²) >= 11 is 0. The maximum atomic E-state index is 13.2. The maximum Gasteiger partial charge on any atom is 0.422 e. The molecule has 2 nitrogen and oxygen atoms in total. The van der Waals surface area contributed by atoms with E-state index in [4.69, 9.17) is 0 Å². The molecule has 0 radical (unpaired) electrons. The van der Waals surface area contributed by atoms with Gasteiger partial charge in [0, 0.05) is 16.2 Å². The molecule has 0 aliphatic heterocycles. The van der Waals surface area contributed by atoms with Gasteiger partial charge in [0.05, 0.1) is 5.75 Å². The molecule has 0 heterocycles. The Hall–Kier alpha value is -1.03. The van der Waals surface area contributed by atoms with Crippen LogP contribution in [0, 0.1) is 23.3 Å². The molecule has 0 unspecified atom stereocenters. The molecule has 1 aromatic carbocycles. The van der Waals surface area contributed by atoms with Crippen molar-refractivity contribution in [1.82, 2.24) is 0 Å². The van der Waals surface area contributed by atoms with Crippen LogP contribution in [0.5, 0.6) is 0 Å². The van der Waals surface area contributed by atoms with Crippen LogP contribution < -0.4 is 0 Å². The Morgan fingerprint density at radius 2 is 1.26 bits per heavy atom. The zero-order chi connectivity index (χ0) is 15.2. The summed E-state index contributed by atoms with van der Waals surface area (Å²) in [5.41, 5.74) is -4.52. The van der Waals surface area contributed by atoms with E-state index in [-0.39, 0.29) is 0 Å². The van der Waals surface area contributed by atoms with Gasteiger partial charge >= 0.3 is 6.18 Å². The standard InChI is InChI=1S/C8H2ClF7O2S/c9-19(17,18)1-2-4(10)6(12)3(8(14,15)16)7(13)5(2)11/h1H2. The average molecular weight is 331 g/mol. The van der Waals surface area contributed by atoms with Crippen molar-refractivity contribution < 1.29 is 39.2 Å². The van der Waals surface area contributed by atoms with E-state index in [1.165, 1.54) is 0 Å². The zero-order valence-electron chi connectivity index (χ0n) is 8.46. The van der Waals surface area contributed by atoms with Gasteiger partial charge in [0.25, 0.3) is 0 Å². The number of halogens is 8. The average Bonchev–Trinajstić information content (AvgIpc) is 2.18. The van der Waals surface area contributed by atoms with Crippen molar-refractivity contribution in [3.63, 3.8) is 0 Å². The van der Waals surface area contributed by atoms with Crippen molar-refractivity contribution in [2.75, 3.05) is 0 Å². The molecule has 1 aromatic rings. The van der Waals surface area contributed by atoms with Gasteiger partial charge in [-0.15, -0.1) is 0 Å². The van der Waals surface area contributed by atoms with Crippen LogP contribution in [-0.4, -0.2) is 8.42 Å². The van der Waals surface area contributed by atoms with Gasteiger partial charge in [-0.3, -0.25) is 0 Å². The summed E-state index contributed by atoms with van der Waals surface area (Å²) in [6.07, 6.45) is -5.69. The van der Waals surface area contributed by atoms with Gasteiger partial charge in [-0.2, -0.15) is 13.2 Å². The van der Waals surface area contributed by atoms with Crippen molar-refractivity contribution in [3.8, 4) is 0 Å². The maximum absolute atomic E-state index is 13.2. The summed E-state index contributed by atoms with van der Waals surface area (Å²) in [6.45, 7) is 0. The second-order valence-corrected chi connectivity index (χ2v) is 6.07. The van der Waals surface area contributed by atoms with Gasteiger partial charge < -0.3 is 0 Å². The minimum absolute atomic E-state index is 1.70. The topological polar surface area (TPSA) is 34.1 Å². The van der Waals surface area contributed by atoms with Gasteiger partial charge in [-0.25, -0.2) is 26.0 Å². The Balaban J connectivity index is 3.67. The Kier molecular flexibility index (Phi) is 4.06. The molecule has 11 heteroatoms. The number of rotatable bonds is 2. The fraction of sp³-hybridized carbons (Fsp3) is 0.250. The molecule has 0 saturated heterocycles. The third-order valence-corrected chi connectivity index (χ3v) is 2.92. The molecular formula is C8H2ClF7O2S. The van der Waals surface area contributed by atoms with Crippen LogP contribution in [-0.2, 0) is 21.0 Å². The lowest BCUT2D eigenvalue weighted by Gasteiger charge is -2.13. The first-order valence-electron chi connectivity index (χ1n) is 4.20. The summed E-state index contributed by atoms with van der Waals surface area (Å²) in [7, 11) is -0.00860. The second-order valence-electron chi connectivity index (χ2n) is 3.29. The fourth-order valence-corrected chi connectivity index (χ4v) is 2.15. The molecule has 0 amide bonds. The predicted octanol–water partition coefficient (Wildman–Crippen LogP) is 3.33. The lowest BCUT2D eigenvalue weighted by Crippen LogP contribution is -2.17. The largest absolute Gasteiger partial charge is 0.422 e. The molecule has 0 fully saturated rings. The zero-order valence-corrected chi connectivity index (χ0v) is 10.0. The lowest BCUT2D eigenvalue weighted by atomic mass is 10.1. The highest BCUT2D eigenvalue weighted by molar-refractivity contribution is 8.13. The molecule has 19 heavy (non-hydrogen) atoms. The molecular weight excluding hydrogens is 329 g/mol. The van der Waals surface area contributed by atoms with Crippen LogP contribution >= 0.6 is 10.7 Å². The number of hydrogen-bond donors (Lipinski definition) is 0. The minimum Gasteiger partial charge on any atom is -0.212 e. The van der Waals surface area contributed by atoms with E-state index in [9.17, 15) is 39.2 Å². The third kappa shape index (κ3) is 3.30. The summed E-state index contributed by atoms with van der Waals surface area (Å²) < 4.78 is 110. The molecule has 0 N–H and O–H groups in total. The first-order valence-corrected chi connectivity index (χ1v) is 6.68. The van der Waals surface area contributed by atoms with Crippen LogP contribution in [0.2, 0.25) is 0 Å². The summed E-state index contributed by atoms with van der Waals surface area (Å²) in [5.74, 6) is -12.1. The van der Waals surface area contributed by atoms with E-state index in [0.717, 1.165) is 0 Å². The van der Waals surface area contributed by atoms with E-state index in [1.54, 1.807) is 0 Å². The second kappa shape index (κ2) is 4.82. The monoisotopic (exact) mass is 330 g/mol. The SMILES string of the molecule is O=S(=O)(Cl)Cc1c(F)c(F)c(C(F)(F)F)c(F)c1F. The molecule has 108 valence electrons. The smallest absolute Gasteiger partial charge is 0.212 e. The minimum atomic E-state index is -5.69. The van der Waals surface area contributed by atoms with Gasteiger partial charge in [0.15, 0.2) is 23.3 Å². The highest BCUT2D eigenvalue weighted by Crippen LogP contribution is 2.37. The van der Waals surface area contributed by atoms with Crippen LogP contribution in [0.4, 0.5) is 30.7 Å². The Morgan fingerprint density at radius 1 is 0.895 bits per heavy atom. The van der Waals surface area contributed by atoms with Crippen LogP contribution in [0.15, 0.2) is 0 Å². The van der Waals surface area contributed by atoms with E-state index >= 15 is 0 Å². The van der Waals surface area contributed by atoms with E-state index in [2.05, 4.69) is 10.7 Å². The predicted molar refractivity (Wildman–Crippen MR) is 49.8 cm³/mol. The summed E-state index contributed by atoms with van der Waals surface area (Å²) in [4.78, 5) is 0. The molecule has 0 spiro atoms. The summed E-state index contributed by atoms with van der Waals surface area (Å²) in [6, 6.07) is 0. The van der Waals surface area contributed by atoms with Crippen molar-refractivity contribution >= 4 is 19.7 Å².